The fourth-order valence-corrected chi connectivity index (χ4v) is 5.18. The fourth-order valence-electron chi connectivity index (χ4n) is 5.18. The zero-order valence-electron chi connectivity index (χ0n) is 18.1. The van der Waals surface area contributed by atoms with E-state index in [0.717, 1.165) is 57.9 Å². The molecule has 2 atom stereocenters. The number of nitrogen functional groups attached to an aromatic ring is 1. The zero-order valence-corrected chi connectivity index (χ0v) is 18.1. The highest BCUT2D eigenvalue weighted by atomic mass is 19.3. The second-order valence-electron chi connectivity index (χ2n) is 9.37. The van der Waals surface area contributed by atoms with Crippen LogP contribution in [0.25, 0.3) is 11.3 Å². The van der Waals surface area contributed by atoms with Crippen molar-refractivity contribution in [2.75, 3.05) is 55.0 Å². The molecule has 2 N–H and O–H groups in total. The van der Waals surface area contributed by atoms with Crippen LogP contribution in [0, 0.1) is 5.41 Å². The van der Waals surface area contributed by atoms with E-state index in [-0.39, 0.29) is 23.7 Å². The van der Waals surface area contributed by atoms with Crippen LogP contribution in [0.15, 0.2) is 18.3 Å². The quantitative estimate of drug-likeness (QED) is 0.721. The number of anilines is 3. The van der Waals surface area contributed by atoms with Crippen LogP contribution in [0.1, 0.15) is 19.3 Å². The lowest BCUT2D eigenvalue weighted by atomic mass is 9.77. The third-order valence-corrected chi connectivity index (χ3v) is 7.21. The number of nitrogens with two attached hydrogens (primary N) is 1. The van der Waals surface area contributed by atoms with E-state index >= 15 is 0 Å². The fraction of sp³-hybridized carbons (Fsp3) is 0.591. The van der Waals surface area contributed by atoms with Crippen LogP contribution in [-0.2, 0) is 9.47 Å². The molecule has 4 saturated heterocycles. The van der Waals surface area contributed by atoms with E-state index in [1.165, 1.54) is 12.3 Å². The predicted octanol–water partition coefficient (Wildman–Crippen LogP) is 2.32. The van der Waals surface area contributed by atoms with E-state index in [2.05, 4.69) is 19.5 Å². The Morgan fingerprint density at radius 2 is 2.00 bits per heavy atom. The summed E-state index contributed by atoms with van der Waals surface area (Å²) in [6.45, 7) is 1.82. The Kier molecular flexibility index (Phi) is 4.98. The van der Waals surface area contributed by atoms with E-state index in [4.69, 9.17) is 25.2 Å². The highest BCUT2D eigenvalue weighted by molar-refractivity contribution is 5.68. The maximum Gasteiger partial charge on any atom is 0.387 e. The minimum atomic E-state index is -2.99. The molecule has 1 spiro atoms. The summed E-state index contributed by atoms with van der Waals surface area (Å²) in [6, 6.07) is 3.62. The van der Waals surface area contributed by atoms with Crippen molar-refractivity contribution in [2.24, 2.45) is 5.41 Å². The monoisotopic (exact) mass is 460 g/mol. The van der Waals surface area contributed by atoms with Crippen molar-refractivity contribution < 1.29 is 23.0 Å². The Balaban J connectivity index is 1.35. The number of hydrogen-bond acceptors (Lipinski definition) is 9. The lowest BCUT2D eigenvalue weighted by Gasteiger charge is -2.47. The Labute approximate surface area is 189 Å². The average molecular weight is 460 g/mol. The van der Waals surface area contributed by atoms with Gasteiger partial charge in [-0.1, -0.05) is 0 Å². The van der Waals surface area contributed by atoms with Crippen LogP contribution < -0.4 is 20.3 Å². The Bertz CT molecular complexity index is 1040. The van der Waals surface area contributed by atoms with Gasteiger partial charge in [-0.2, -0.15) is 13.8 Å². The molecule has 6 heterocycles. The second kappa shape index (κ2) is 7.91. The number of alkyl halides is 2. The van der Waals surface area contributed by atoms with Crippen molar-refractivity contribution in [3.8, 4) is 17.0 Å². The lowest BCUT2D eigenvalue weighted by Crippen LogP contribution is -2.51. The molecule has 176 valence electrons. The topological polar surface area (TPSA) is 98.9 Å². The van der Waals surface area contributed by atoms with Crippen LogP contribution >= 0.6 is 0 Å². The summed E-state index contributed by atoms with van der Waals surface area (Å²) < 4.78 is 41.4. The molecular weight excluding hydrogens is 434 g/mol. The molecule has 0 aliphatic carbocycles. The van der Waals surface area contributed by atoms with Gasteiger partial charge in [0.1, 0.15) is 5.82 Å². The number of piperidine rings is 1. The predicted molar refractivity (Wildman–Crippen MR) is 116 cm³/mol. The van der Waals surface area contributed by atoms with Gasteiger partial charge in [-0.15, -0.1) is 0 Å². The third-order valence-electron chi connectivity index (χ3n) is 7.21. The van der Waals surface area contributed by atoms with Crippen LogP contribution in [0.4, 0.5) is 26.4 Å². The number of nitrogens with zero attached hydrogens (tertiary/aromatic N) is 5. The zero-order chi connectivity index (χ0) is 22.6. The summed E-state index contributed by atoms with van der Waals surface area (Å²) in [5.74, 6) is 1.19. The van der Waals surface area contributed by atoms with Crippen LogP contribution in [-0.4, -0.2) is 73.2 Å². The van der Waals surface area contributed by atoms with Gasteiger partial charge in [0.15, 0.2) is 11.6 Å². The van der Waals surface area contributed by atoms with Gasteiger partial charge < -0.3 is 29.7 Å². The van der Waals surface area contributed by atoms with Crippen molar-refractivity contribution in [2.45, 2.75) is 38.0 Å². The molecule has 4 aliphatic rings. The van der Waals surface area contributed by atoms with E-state index in [1.54, 1.807) is 0 Å². The van der Waals surface area contributed by atoms with Crippen molar-refractivity contribution in [3.63, 3.8) is 0 Å². The van der Waals surface area contributed by atoms with Gasteiger partial charge in [0.25, 0.3) is 0 Å². The van der Waals surface area contributed by atoms with Gasteiger partial charge >= 0.3 is 6.61 Å². The van der Waals surface area contributed by atoms with Gasteiger partial charge in [-0.25, -0.2) is 9.97 Å². The van der Waals surface area contributed by atoms with Gasteiger partial charge in [-0.3, -0.25) is 0 Å². The maximum absolute atomic E-state index is 12.8. The molecule has 0 aromatic carbocycles. The first kappa shape index (κ1) is 20.8. The number of hydrogen-bond donors (Lipinski definition) is 1. The van der Waals surface area contributed by atoms with E-state index < -0.39 is 6.61 Å². The SMILES string of the molecule is Nc1ncc(-c2cc(N3CC4CC3CO4)nc(N3CCC4(CC3)COC4)n2)cc1OC(F)F. The first-order valence-corrected chi connectivity index (χ1v) is 11.3. The van der Waals surface area contributed by atoms with Crippen molar-refractivity contribution in [1.29, 1.82) is 0 Å². The molecule has 33 heavy (non-hydrogen) atoms. The van der Waals surface area contributed by atoms with Gasteiger partial charge in [0.2, 0.25) is 5.95 Å². The summed E-state index contributed by atoms with van der Waals surface area (Å²) in [5, 5.41) is 0. The minimum Gasteiger partial charge on any atom is -0.431 e. The second-order valence-corrected chi connectivity index (χ2v) is 9.37. The minimum absolute atomic E-state index is 0.0911. The van der Waals surface area contributed by atoms with Crippen LogP contribution in [0.3, 0.4) is 0 Å². The molecule has 0 amide bonds. The van der Waals surface area contributed by atoms with Crippen LogP contribution in [0.5, 0.6) is 5.75 Å². The Morgan fingerprint density at radius 3 is 2.64 bits per heavy atom. The van der Waals surface area contributed by atoms with Gasteiger partial charge in [0.05, 0.1) is 37.7 Å². The summed E-state index contributed by atoms with van der Waals surface area (Å²) in [6.07, 6.45) is 4.80. The highest BCUT2D eigenvalue weighted by Gasteiger charge is 2.42. The molecular formula is C22H26F2N6O3. The third kappa shape index (κ3) is 3.82. The van der Waals surface area contributed by atoms with Gasteiger partial charge in [-0.05, 0) is 25.3 Å². The number of pyridine rings is 1. The molecule has 4 fully saturated rings. The molecule has 2 unspecified atom stereocenters. The Hall–Kier alpha value is -2.79. The molecule has 9 nitrogen and oxygen atoms in total. The van der Waals surface area contributed by atoms with E-state index in [0.29, 0.717) is 29.2 Å². The number of ether oxygens (including phenoxy) is 3. The summed E-state index contributed by atoms with van der Waals surface area (Å²) in [5.41, 5.74) is 7.17. The van der Waals surface area contributed by atoms with E-state index in [1.807, 2.05) is 6.07 Å². The van der Waals surface area contributed by atoms with Crippen molar-refractivity contribution in [1.82, 2.24) is 15.0 Å². The molecule has 0 saturated carbocycles. The lowest BCUT2D eigenvalue weighted by molar-refractivity contribution is -0.124. The normalized spacial score (nSPS) is 25.7. The molecule has 2 aromatic heterocycles. The van der Waals surface area contributed by atoms with Crippen molar-refractivity contribution >= 4 is 17.6 Å². The standard InChI is InChI=1S/C22H26F2N6O3/c23-20(24)33-17-5-13(8-26-19(17)25)16-7-18(30-9-15-6-14(30)10-32-15)28-21(27-16)29-3-1-22(2-4-29)11-31-12-22/h5,7-8,14-15,20H,1-4,6,9-12H2,(H2,25,26). The highest BCUT2D eigenvalue weighted by Crippen LogP contribution is 2.40. The summed E-state index contributed by atoms with van der Waals surface area (Å²) >= 11 is 0. The molecule has 4 aliphatic heterocycles. The summed E-state index contributed by atoms with van der Waals surface area (Å²) in [4.78, 5) is 18.2. The molecule has 11 heteroatoms. The number of aromatic nitrogens is 3. The Morgan fingerprint density at radius 1 is 1.18 bits per heavy atom. The first-order chi connectivity index (χ1) is 16.0. The molecule has 2 bridgehead atoms. The average Bonchev–Trinajstić information content (AvgIpc) is 3.43. The van der Waals surface area contributed by atoms with E-state index in [9.17, 15) is 8.78 Å². The first-order valence-electron chi connectivity index (χ1n) is 11.3. The molecule has 2 aromatic rings. The number of rotatable bonds is 5. The number of halogens is 2. The maximum atomic E-state index is 12.8. The van der Waals surface area contributed by atoms with Gasteiger partial charge in [0, 0.05) is 42.9 Å². The van der Waals surface area contributed by atoms with Crippen LogP contribution in [0.2, 0.25) is 0 Å². The number of fused-ring (bicyclic) bond motifs is 2. The molecule has 6 rings (SSSR count). The summed E-state index contributed by atoms with van der Waals surface area (Å²) in [7, 11) is 0. The smallest absolute Gasteiger partial charge is 0.387 e. The van der Waals surface area contributed by atoms with Crippen molar-refractivity contribution in [3.05, 3.63) is 18.3 Å². The largest absolute Gasteiger partial charge is 0.431 e. The molecule has 0 radical (unpaired) electrons. The number of morpholine rings is 1.